The van der Waals surface area contributed by atoms with Crippen LogP contribution < -0.4 is 5.32 Å². The van der Waals surface area contributed by atoms with Crippen LogP contribution in [0.25, 0.3) is 0 Å². The van der Waals surface area contributed by atoms with Gasteiger partial charge >= 0.3 is 0 Å². The van der Waals surface area contributed by atoms with Gasteiger partial charge in [-0.25, -0.2) is 4.98 Å². The Kier molecular flexibility index (Phi) is 4.31. The lowest BCUT2D eigenvalue weighted by atomic mass is 10.3. The van der Waals surface area contributed by atoms with Crippen LogP contribution in [-0.2, 0) is 0 Å². The van der Waals surface area contributed by atoms with E-state index in [9.17, 15) is 0 Å². The Balaban J connectivity index is 2.28. The number of rotatable bonds is 2. The van der Waals surface area contributed by atoms with Gasteiger partial charge in [-0.05, 0) is 56.1 Å². The lowest BCUT2D eigenvalue weighted by Crippen LogP contribution is -1.94. The smallest absolute Gasteiger partial charge is 0.144 e. The Hall–Kier alpha value is -0.290. The largest absolute Gasteiger partial charge is 0.339 e. The number of aromatic nitrogens is 1. The van der Waals surface area contributed by atoms with Gasteiger partial charge in [0.05, 0.1) is 14.5 Å². The minimum Gasteiger partial charge on any atom is -0.339 e. The molecule has 0 aliphatic rings. The second kappa shape index (κ2) is 5.57. The first-order valence-electron chi connectivity index (χ1n) is 4.59. The molecule has 0 amide bonds. The van der Waals surface area contributed by atoms with Crippen molar-refractivity contribution >= 4 is 66.6 Å². The van der Waals surface area contributed by atoms with Crippen LogP contribution in [0, 0.1) is 0 Å². The molecule has 2 rings (SSSR count). The maximum absolute atomic E-state index is 5.92. The molecule has 1 N–H and O–H groups in total. The van der Waals surface area contributed by atoms with Gasteiger partial charge in [0, 0.05) is 16.4 Å². The Bertz CT molecular complexity index is 561. The molecule has 0 radical (unpaired) electrons. The first kappa shape index (κ1) is 13.1. The average molecular weight is 397 g/mol. The topological polar surface area (TPSA) is 24.9 Å². The summed E-state index contributed by atoms with van der Waals surface area (Å²) in [6, 6.07) is 7.33. The molecular weight excluding hydrogens is 391 g/mol. The van der Waals surface area contributed by atoms with E-state index in [4.69, 9.17) is 23.2 Å². The van der Waals surface area contributed by atoms with E-state index >= 15 is 0 Å². The van der Waals surface area contributed by atoms with Crippen molar-refractivity contribution in [3.05, 3.63) is 49.5 Å². The lowest BCUT2D eigenvalue weighted by Gasteiger charge is -2.08. The fourth-order valence-electron chi connectivity index (χ4n) is 1.22. The van der Waals surface area contributed by atoms with E-state index in [1.807, 2.05) is 12.1 Å². The van der Waals surface area contributed by atoms with Crippen LogP contribution in [0.1, 0.15) is 0 Å². The maximum Gasteiger partial charge on any atom is 0.144 e. The molecule has 88 valence electrons. The van der Waals surface area contributed by atoms with E-state index in [-0.39, 0.29) is 0 Å². The highest BCUT2D eigenvalue weighted by Crippen LogP contribution is 2.30. The molecule has 0 saturated heterocycles. The molecule has 1 heterocycles. The molecule has 0 saturated carbocycles. The second-order valence-corrected chi connectivity index (χ2v) is 5.79. The van der Waals surface area contributed by atoms with Crippen LogP contribution in [0.2, 0.25) is 10.0 Å². The van der Waals surface area contributed by atoms with Crippen molar-refractivity contribution in [3.8, 4) is 0 Å². The number of anilines is 2. The fraction of sp³-hybridized carbons (Fsp3) is 0. The Labute approximate surface area is 126 Å². The average Bonchev–Trinajstić information content (AvgIpc) is 2.27. The van der Waals surface area contributed by atoms with E-state index in [0.29, 0.717) is 15.9 Å². The number of halogens is 4. The first-order chi connectivity index (χ1) is 8.06. The number of hydrogen-bond donors (Lipinski definition) is 1. The molecule has 2 aromatic rings. The molecular formula is C11H6Br2Cl2N2. The van der Waals surface area contributed by atoms with Gasteiger partial charge in [-0.3, -0.25) is 0 Å². The van der Waals surface area contributed by atoms with E-state index < -0.39 is 0 Å². The van der Waals surface area contributed by atoms with E-state index in [2.05, 4.69) is 42.2 Å². The van der Waals surface area contributed by atoms with Crippen LogP contribution >= 0.6 is 55.1 Å². The van der Waals surface area contributed by atoms with Gasteiger partial charge in [0.15, 0.2) is 0 Å². The third-order valence-electron chi connectivity index (χ3n) is 1.99. The summed E-state index contributed by atoms with van der Waals surface area (Å²) in [6.07, 6.45) is 1.58. The first-order valence-corrected chi connectivity index (χ1v) is 6.93. The lowest BCUT2D eigenvalue weighted by molar-refractivity contribution is 1.29. The zero-order valence-electron chi connectivity index (χ0n) is 8.35. The van der Waals surface area contributed by atoms with E-state index in [0.717, 1.165) is 14.6 Å². The number of hydrogen-bond acceptors (Lipinski definition) is 2. The van der Waals surface area contributed by atoms with Crippen LogP contribution in [-0.4, -0.2) is 4.98 Å². The number of nitrogens with zero attached hydrogens (tertiary/aromatic N) is 1. The van der Waals surface area contributed by atoms with Crippen molar-refractivity contribution < 1.29 is 0 Å². The van der Waals surface area contributed by atoms with Crippen molar-refractivity contribution in [1.29, 1.82) is 0 Å². The molecule has 0 spiro atoms. The molecule has 1 aromatic carbocycles. The summed E-state index contributed by atoms with van der Waals surface area (Å²) in [5, 5.41) is 4.41. The minimum absolute atomic E-state index is 0.583. The van der Waals surface area contributed by atoms with Gasteiger partial charge in [0.25, 0.3) is 0 Å². The van der Waals surface area contributed by atoms with Crippen LogP contribution in [0.5, 0.6) is 0 Å². The number of nitrogens with one attached hydrogen (secondary N) is 1. The predicted molar refractivity (Wildman–Crippen MR) is 79.4 cm³/mol. The number of benzene rings is 1. The molecule has 0 bridgehead atoms. The monoisotopic (exact) mass is 394 g/mol. The van der Waals surface area contributed by atoms with Crippen molar-refractivity contribution in [2.45, 2.75) is 0 Å². The summed E-state index contributed by atoms with van der Waals surface area (Å²) >= 11 is 18.5. The summed E-state index contributed by atoms with van der Waals surface area (Å²) in [5.41, 5.74) is 0.886. The van der Waals surface area contributed by atoms with Crippen LogP contribution in [0.3, 0.4) is 0 Å². The van der Waals surface area contributed by atoms with Crippen LogP contribution in [0.15, 0.2) is 39.4 Å². The standard InChI is InChI=1S/C11H6Br2Cl2N2/c12-8-4-7(1-2-10(8)15)17-11-9(13)3-6(14)5-16-11/h1-5H,(H,16,17). The summed E-state index contributed by atoms with van der Waals surface area (Å²) in [7, 11) is 0. The molecule has 0 aliphatic heterocycles. The van der Waals surface area contributed by atoms with Crippen molar-refractivity contribution in [3.63, 3.8) is 0 Å². The number of pyridine rings is 1. The molecule has 1 aromatic heterocycles. The SMILES string of the molecule is Clc1cnc(Nc2ccc(Cl)c(Br)c2)c(Br)c1. The van der Waals surface area contributed by atoms with Gasteiger partial charge < -0.3 is 5.32 Å². The molecule has 6 heteroatoms. The molecule has 0 aliphatic carbocycles. The highest BCUT2D eigenvalue weighted by Gasteiger charge is 2.04. The van der Waals surface area contributed by atoms with Crippen molar-refractivity contribution in [2.24, 2.45) is 0 Å². The van der Waals surface area contributed by atoms with Crippen LogP contribution in [0.4, 0.5) is 11.5 Å². The summed E-state index contributed by atoms with van der Waals surface area (Å²) in [5.74, 6) is 0.698. The minimum atomic E-state index is 0.583. The highest BCUT2D eigenvalue weighted by atomic mass is 79.9. The van der Waals surface area contributed by atoms with Gasteiger partial charge in [-0.1, -0.05) is 23.2 Å². The van der Waals surface area contributed by atoms with Gasteiger partial charge in [0.2, 0.25) is 0 Å². The Morgan fingerprint density at radius 2 is 1.82 bits per heavy atom. The van der Waals surface area contributed by atoms with Crippen molar-refractivity contribution in [1.82, 2.24) is 4.98 Å². The Morgan fingerprint density at radius 1 is 1.06 bits per heavy atom. The highest BCUT2D eigenvalue weighted by molar-refractivity contribution is 9.11. The van der Waals surface area contributed by atoms with Gasteiger partial charge in [0.1, 0.15) is 5.82 Å². The Morgan fingerprint density at radius 3 is 2.47 bits per heavy atom. The van der Waals surface area contributed by atoms with Gasteiger partial charge in [-0.15, -0.1) is 0 Å². The van der Waals surface area contributed by atoms with E-state index in [1.54, 1.807) is 18.3 Å². The molecule has 17 heavy (non-hydrogen) atoms. The quantitative estimate of drug-likeness (QED) is 0.708. The summed E-state index contributed by atoms with van der Waals surface area (Å²) < 4.78 is 1.63. The molecule has 0 unspecified atom stereocenters. The zero-order valence-corrected chi connectivity index (χ0v) is 13.0. The molecule has 2 nitrogen and oxygen atoms in total. The second-order valence-electron chi connectivity index (χ2n) is 3.24. The third kappa shape index (κ3) is 3.35. The normalized spacial score (nSPS) is 10.4. The zero-order chi connectivity index (χ0) is 12.4. The van der Waals surface area contributed by atoms with Crippen molar-refractivity contribution in [2.75, 3.05) is 5.32 Å². The summed E-state index contributed by atoms with van der Waals surface area (Å²) in [6.45, 7) is 0. The molecule has 0 atom stereocenters. The van der Waals surface area contributed by atoms with E-state index in [1.165, 1.54) is 0 Å². The summed E-state index contributed by atoms with van der Waals surface area (Å²) in [4.78, 5) is 4.19. The predicted octanol–water partition coefficient (Wildman–Crippen LogP) is 5.66. The van der Waals surface area contributed by atoms with Gasteiger partial charge in [-0.2, -0.15) is 0 Å². The fourth-order valence-corrected chi connectivity index (χ4v) is 2.45. The molecule has 0 fully saturated rings. The third-order valence-corrected chi connectivity index (χ3v) is 4.02. The maximum atomic E-state index is 5.92.